The Morgan fingerprint density at radius 1 is 1.11 bits per heavy atom. The number of Topliss-reactive ketones (excluding diaryl/α,β-unsaturated/α-hetero) is 1. The van der Waals surface area contributed by atoms with Gasteiger partial charge in [-0.1, -0.05) is 45.0 Å². The maximum Gasteiger partial charge on any atom is 0.346 e. The summed E-state index contributed by atoms with van der Waals surface area (Å²) in [5.74, 6) is 0.452. The number of fused-ring (bicyclic) bond motifs is 1. The fourth-order valence-corrected chi connectivity index (χ4v) is 2.89. The lowest BCUT2D eigenvalue weighted by Crippen LogP contribution is -2.24. The summed E-state index contributed by atoms with van der Waals surface area (Å²) in [6.07, 6.45) is 0.975. The van der Waals surface area contributed by atoms with Crippen molar-refractivity contribution in [3.63, 3.8) is 0 Å². The third kappa shape index (κ3) is 4.09. The summed E-state index contributed by atoms with van der Waals surface area (Å²) in [5, 5.41) is 0. The first kappa shape index (κ1) is 19.7. The Hall–Kier alpha value is -3.08. The van der Waals surface area contributed by atoms with Gasteiger partial charge in [0, 0.05) is 6.07 Å². The van der Waals surface area contributed by atoms with Crippen LogP contribution in [0.25, 0.3) is 6.08 Å². The average molecular weight is 380 g/mol. The molecule has 28 heavy (non-hydrogen) atoms. The summed E-state index contributed by atoms with van der Waals surface area (Å²) < 4.78 is 15.9. The Balaban J connectivity index is 1.79. The van der Waals surface area contributed by atoms with Gasteiger partial charge < -0.3 is 14.2 Å². The number of allylic oxidation sites excluding steroid dienone is 1. The molecule has 3 rings (SSSR count). The molecular formula is C23H24O5. The fraction of sp³-hybridized carbons (Fsp3) is 0.304. The van der Waals surface area contributed by atoms with Gasteiger partial charge in [-0.05, 0) is 41.7 Å². The molecule has 0 fully saturated rings. The molecule has 0 saturated heterocycles. The number of rotatable bonds is 4. The highest BCUT2D eigenvalue weighted by Gasteiger charge is 2.28. The molecule has 0 spiro atoms. The molecule has 146 valence electrons. The minimum absolute atomic E-state index is 0.0688. The summed E-state index contributed by atoms with van der Waals surface area (Å²) >= 11 is 0. The molecule has 0 aliphatic carbocycles. The van der Waals surface area contributed by atoms with Gasteiger partial charge in [0.05, 0.1) is 12.7 Å². The first-order valence-corrected chi connectivity index (χ1v) is 9.12. The third-order valence-electron chi connectivity index (χ3n) is 4.56. The predicted molar refractivity (Wildman–Crippen MR) is 107 cm³/mol. The SMILES string of the molecule is COC(=O)[C@H](C)Oc1ccc2c(c1)OC(=Cc1ccc(C(C)(C)C)cc1)C2=O. The van der Waals surface area contributed by atoms with E-state index in [9.17, 15) is 9.59 Å². The van der Waals surface area contributed by atoms with Crippen LogP contribution in [0.2, 0.25) is 0 Å². The van der Waals surface area contributed by atoms with Crippen LogP contribution in [-0.2, 0) is 14.9 Å². The van der Waals surface area contributed by atoms with E-state index in [4.69, 9.17) is 9.47 Å². The van der Waals surface area contributed by atoms with Gasteiger partial charge in [0.15, 0.2) is 11.9 Å². The van der Waals surface area contributed by atoms with Crippen LogP contribution in [0.1, 0.15) is 49.2 Å². The van der Waals surface area contributed by atoms with Crippen LogP contribution >= 0.6 is 0 Å². The number of ketones is 1. The molecule has 0 aromatic heterocycles. The second-order valence-electron chi connectivity index (χ2n) is 7.75. The molecule has 5 heteroatoms. The highest BCUT2D eigenvalue weighted by atomic mass is 16.6. The van der Waals surface area contributed by atoms with E-state index < -0.39 is 12.1 Å². The molecule has 1 heterocycles. The number of esters is 1. The Labute approximate surface area is 164 Å². The van der Waals surface area contributed by atoms with Crippen molar-refractivity contribution >= 4 is 17.8 Å². The van der Waals surface area contributed by atoms with Crippen molar-refractivity contribution in [1.82, 2.24) is 0 Å². The Kier molecular flexibility index (Phi) is 5.27. The smallest absolute Gasteiger partial charge is 0.346 e. The van der Waals surface area contributed by atoms with Gasteiger partial charge in [-0.3, -0.25) is 4.79 Å². The summed E-state index contributed by atoms with van der Waals surface area (Å²) in [7, 11) is 1.30. The van der Waals surface area contributed by atoms with Gasteiger partial charge in [0.25, 0.3) is 0 Å². The summed E-state index contributed by atoms with van der Waals surface area (Å²) in [6.45, 7) is 8.06. The molecule has 1 aliphatic rings. The minimum Gasteiger partial charge on any atom is -0.479 e. The zero-order valence-corrected chi connectivity index (χ0v) is 16.7. The zero-order chi connectivity index (χ0) is 20.5. The number of benzene rings is 2. The number of methoxy groups -OCH3 is 1. The summed E-state index contributed by atoms with van der Waals surface area (Å²) in [5.41, 5.74) is 2.65. The van der Waals surface area contributed by atoms with E-state index in [2.05, 4.69) is 37.6 Å². The maximum absolute atomic E-state index is 12.6. The molecule has 0 unspecified atom stereocenters. The van der Waals surface area contributed by atoms with E-state index in [1.807, 2.05) is 12.1 Å². The van der Waals surface area contributed by atoms with Crippen molar-refractivity contribution in [2.24, 2.45) is 0 Å². The molecule has 0 amide bonds. The van der Waals surface area contributed by atoms with Gasteiger partial charge in [-0.15, -0.1) is 0 Å². The van der Waals surface area contributed by atoms with Crippen LogP contribution in [0.15, 0.2) is 48.2 Å². The highest BCUT2D eigenvalue weighted by Crippen LogP contribution is 2.35. The summed E-state index contributed by atoms with van der Waals surface area (Å²) in [4.78, 5) is 24.1. The predicted octanol–water partition coefficient (Wildman–Crippen LogP) is 4.54. The van der Waals surface area contributed by atoms with Gasteiger partial charge in [0.2, 0.25) is 5.78 Å². The van der Waals surface area contributed by atoms with Gasteiger partial charge >= 0.3 is 5.97 Å². The Bertz CT molecular complexity index is 932. The highest BCUT2D eigenvalue weighted by molar-refractivity contribution is 6.14. The fourth-order valence-electron chi connectivity index (χ4n) is 2.89. The standard InChI is InChI=1S/C23H24O5/c1-14(22(25)26-5)27-17-10-11-18-19(13-17)28-20(21(18)24)12-15-6-8-16(9-7-15)23(2,3)4/h6-14H,1-5H3/t14-/m0/s1. The summed E-state index contributed by atoms with van der Waals surface area (Å²) in [6, 6.07) is 12.9. The van der Waals surface area contributed by atoms with E-state index in [-0.39, 0.29) is 17.0 Å². The van der Waals surface area contributed by atoms with Gasteiger partial charge in [-0.2, -0.15) is 0 Å². The van der Waals surface area contributed by atoms with Crippen LogP contribution in [0.4, 0.5) is 0 Å². The van der Waals surface area contributed by atoms with Gasteiger partial charge in [0.1, 0.15) is 11.5 Å². The molecule has 2 aromatic carbocycles. The monoisotopic (exact) mass is 380 g/mol. The largest absolute Gasteiger partial charge is 0.479 e. The Morgan fingerprint density at radius 3 is 2.39 bits per heavy atom. The second kappa shape index (κ2) is 7.50. The molecule has 1 atom stereocenters. The molecule has 1 aliphatic heterocycles. The van der Waals surface area contributed by atoms with Crippen LogP contribution in [-0.4, -0.2) is 25.0 Å². The quantitative estimate of drug-likeness (QED) is 0.576. The van der Waals surface area contributed by atoms with Crippen molar-refractivity contribution in [1.29, 1.82) is 0 Å². The van der Waals surface area contributed by atoms with E-state index in [0.29, 0.717) is 17.1 Å². The molecule has 0 bridgehead atoms. The number of hydrogen-bond acceptors (Lipinski definition) is 5. The number of ether oxygens (including phenoxy) is 3. The van der Waals surface area contributed by atoms with Crippen molar-refractivity contribution in [3.8, 4) is 11.5 Å². The zero-order valence-electron chi connectivity index (χ0n) is 16.7. The first-order chi connectivity index (χ1) is 13.2. The van der Waals surface area contributed by atoms with E-state index in [1.165, 1.54) is 12.7 Å². The molecule has 2 aromatic rings. The topological polar surface area (TPSA) is 61.8 Å². The number of carbonyl (C=O) groups excluding carboxylic acids is 2. The molecular weight excluding hydrogens is 356 g/mol. The molecule has 5 nitrogen and oxygen atoms in total. The normalized spacial score (nSPS) is 15.8. The first-order valence-electron chi connectivity index (χ1n) is 9.12. The van der Waals surface area contributed by atoms with E-state index in [0.717, 1.165) is 5.56 Å². The van der Waals surface area contributed by atoms with Crippen molar-refractivity contribution < 1.29 is 23.8 Å². The minimum atomic E-state index is -0.753. The van der Waals surface area contributed by atoms with E-state index in [1.54, 1.807) is 31.2 Å². The van der Waals surface area contributed by atoms with Crippen LogP contribution in [0.5, 0.6) is 11.5 Å². The van der Waals surface area contributed by atoms with Crippen LogP contribution < -0.4 is 9.47 Å². The van der Waals surface area contributed by atoms with Gasteiger partial charge in [-0.25, -0.2) is 4.79 Å². The molecule has 0 saturated carbocycles. The lowest BCUT2D eigenvalue weighted by atomic mass is 9.86. The average Bonchev–Trinajstić information content (AvgIpc) is 2.95. The lowest BCUT2D eigenvalue weighted by Gasteiger charge is -2.18. The van der Waals surface area contributed by atoms with Crippen molar-refractivity contribution in [3.05, 3.63) is 64.9 Å². The van der Waals surface area contributed by atoms with Crippen LogP contribution in [0.3, 0.4) is 0 Å². The third-order valence-corrected chi connectivity index (χ3v) is 4.56. The number of hydrogen-bond donors (Lipinski definition) is 0. The van der Waals surface area contributed by atoms with Crippen molar-refractivity contribution in [2.45, 2.75) is 39.2 Å². The number of carbonyl (C=O) groups is 2. The Morgan fingerprint density at radius 2 is 1.79 bits per heavy atom. The second-order valence-corrected chi connectivity index (χ2v) is 7.75. The molecule has 0 radical (unpaired) electrons. The maximum atomic E-state index is 12.6. The van der Waals surface area contributed by atoms with Crippen molar-refractivity contribution in [2.75, 3.05) is 7.11 Å². The van der Waals surface area contributed by atoms with E-state index >= 15 is 0 Å². The van der Waals surface area contributed by atoms with Crippen LogP contribution in [0, 0.1) is 0 Å². The molecule has 0 N–H and O–H groups in total. The lowest BCUT2D eigenvalue weighted by molar-refractivity contribution is -0.147.